The van der Waals surface area contributed by atoms with Crippen molar-refractivity contribution in [3.05, 3.63) is 102 Å². The van der Waals surface area contributed by atoms with E-state index >= 15 is 0 Å². The van der Waals surface area contributed by atoms with Crippen LogP contribution >= 0.6 is 0 Å². The molecule has 4 N–H and O–H groups in total. The van der Waals surface area contributed by atoms with Crippen molar-refractivity contribution in [1.29, 1.82) is 0 Å². The molecule has 17 nitrogen and oxygen atoms in total. The molecule has 3 aliphatic rings. The van der Waals surface area contributed by atoms with Crippen LogP contribution in [0.2, 0.25) is 0 Å². The number of carbonyl (C=O) groups is 4. The third kappa shape index (κ3) is 8.88. The number of nitrogens with one attached hydrogen (secondary N) is 4. The molecule has 350 valence electrons. The molecule has 9 rings (SSSR count). The highest BCUT2D eigenvalue weighted by atomic mass is 16.5. The predicted molar refractivity (Wildman–Crippen MR) is 249 cm³/mol. The van der Waals surface area contributed by atoms with Gasteiger partial charge in [0.2, 0.25) is 5.91 Å². The second-order valence-electron chi connectivity index (χ2n) is 18.0. The summed E-state index contributed by atoms with van der Waals surface area (Å²) in [5, 5.41) is 7.38. The standard InChI is InChI=1S/C50H56N8O9/c1-27(2)42(55-49(61)65-5)47(59)58-23-29(25-64-4)17-40(58)46-52-37-15-13-31-19-36-34-14-12-32(18-33(34)26-67-41(36)20-35(31)44(37)54-46)38-21-51-45(53-38)39-16-28(24-63-3)22-57(39)48(60)43(56-50(62)66-6)30-10-8-7-9-11-30/h7-15,18-21,27-29,39-40,42-43H,16-17,22-26H2,1-6H3,(H,51,53)(H,52,54)(H,55,61)(H,56,62)/t28-,29-,39-,40-,42-,43+/m0/s1. The number of ether oxygens (including phenoxy) is 5. The molecule has 2 fully saturated rings. The number of amides is 4. The van der Waals surface area contributed by atoms with Crippen LogP contribution in [0, 0.1) is 17.8 Å². The van der Waals surface area contributed by atoms with Crippen LogP contribution in [-0.2, 0) is 35.1 Å². The molecular weight excluding hydrogens is 857 g/mol. The molecule has 6 aromatic rings. The summed E-state index contributed by atoms with van der Waals surface area (Å²) in [5.41, 5.74) is 7.01. The van der Waals surface area contributed by atoms with Crippen LogP contribution in [0.3, 0.4) is 0 Å². The Hall–Kier alpha value is -6.98. The normalized spacial score (nSPS) is 19.7. The first-order chi connectivity index (χ1) is 32.5. The molecule has 4 amide bonds. The van der Waals surface area contributed by atoms with Crippen molar-refractivity contribution in [2.45, 2.75) is 57.5 Å². The first-order valence-corrected chi connectivity index (χ1v) is 22.6. The van der Waals surface area contributed by atoms with E-state index in [0.29, 0.717) is 63.0 Å². The summed E-state index contributed by atoms with van der Waals surface area (Å²) in [7, 11) is 5.87. The molecule has 0 saturated carbocycles. The number of nitrogens with zero attached hydrogens (tertiary/aromatic N) is 4. The monoisotopic (exact) mass is 912 g/mol. The fraction of sp³-hybridized carbons (Fsp3) is 0.400. The van der Waals surface area contributed by atoms with E-state index in [2.05, 4.69) is 50.9 Å². The molecule has 67 heavy (non-hydrogen) atoms. The largest absolute Gasteiger partial charge is 0.488 e. The summed E-state index contributed by atoms with van der Waals surface area (Å²) in [5.74, 6) is 1.57. The molecule has 0 radical (unpaired) electrons. The number of fused-ring (bicyclic) bond motifs is 6. The van der Waals surface area contributed by atoms with E-state index in [1.165, 1.54) is 14.2 Å². The molecular formula is C50H56N8O9. The number of methoxy groups -OCH3 is 4. The number of rotatable bonds is 13. The minimum Gasteiger partial charge on any atom is -0.488 e. The molecule has 17 heteroatoms. The van der Waals surface area contributed by atoms with Gasteiger partial charge >= 0.3 is 12.2 Å². The summed E-state index contributed by atoms with van der Waals surface area (Å²) < 4.78 is 27.2. The molecule has 2 aromatic heterocycles. The van der Waals surface area contributed by atoms with Crippen LogP contribution in [-0.4, -0.2) is 115 Å². The Labute approximate surface area is 387 Å². The first-order valence-electron chi connectivity index (χ1n) is 22.6. The van der Waals surface area contributed by atoms with Crippen molar-refractivity contribution >= 4 is 45.8 Å². The Bertz CT molecular complexity index is 2810. The number of likely N-dealkylation sites (tertiary alicyclic amines) is 2. The number of H-pyrrole nitrogens is 2. The van der Waals surface area contributed by atoms with Gasteiger partial charge in [0.15, 0.2) is 0 Å². The fourth-order valence-electron chi connectivity index (χ4n) is 10.0. The zero-order valence-electron chi connectivity index (χ0n) is 38.5. The summed E-state index contributed by atoms with van der Waals surface area (Å²) in [4.78, 5) is 73.7. The number of imidazole rings is 2. The summed E-state index contributed by atoms with van der Waals surface area (Å²) in [6, 6.07) is 21.2. The number of hydrogen-bond donors (Lipinski definition) is 4. The Morgan fingerprint density at radius 2 is 1.46 bits per heavy atom. The van der Waals surface area contributed by atoms with E-state index in [-0.39, 0.29) is 41.7 Å². The molecule has 0 spiro atoms. The van der Waals surface area contributed by atoms with Crippen LogP contribution in [0.5, 0.6) is 5.75 Å². The van der Waals surface area contributed by atoms with Gasteiger partial charge in [-0.05, 0) is 70.7 Å². The van der Waals surface area contributed by atoms with Crippen molar-refractivity contribution in [2.75, 3.05) is 54.7 Å². The molecule has 6 atom stereocenters. The molecule has 4 aromatic carbocycles. The average molecular weight is 913 g/mol. The minimum absolute atomic E-state index is 0.0632. The van der Waals surface area contributed by atoms with E-state index in [9.17, 15) is 19.2 Å². The van der Waals surface area contributed by atoms with Crippen LogP contribution in [0.25, 0.3) is 44.2 Å². The van der Waals surface area contributed by atoms with Crippen molar-refractivity contribution < 1.29 is 42.9 Å². The second kappa shape index (κ2) is 19.1. The quantitative estimate of drug-likeness (QED) is 0.0912. The number of alkyl carbamates (subject to hydrolysis) is 2. The van der Waals surface area contributed by atoms with Gasteiger partial charge < -0.3 is 54.1 Å². The third-order valence-corrected chi connectivity index (χ3v) is 13.3. The van der Waals surface area contributed by atoms with Gasteiger partial charge in [0.25, 0.3) is 5.91 Å². The smallest absolute Gasteiger partial charge is 0.407 e. The van der Waals surface area contributed by atoms with E-state index in [1.807, 2.05) is 61.2 Å². The molecule has 0 bridgehead atoms. The lowest BCUT2D eigenvalue weighted by Gasteiger charge is -2.30. The second-order valence-corrected chi connectivity index (χ2v) is 18.0. The van der Waals surface area contributed by atoms with E-state index < -0.39 is 24.3 Å². The number of hydrogen-bond acceptors (Lipinski definition) is 11. The summed E-state index contributed by atoms with van der Waals surface area (Å²) in [6.45, 7) is 5.99. The maximum absolute atomic E-state index is 14.3. The molecule has 2 saturated heterocycles. The zero-order valence-corrected chi connectivity index (χ0v) is 38.5. The van der Waals surface area contributed by atoms with Gasteiger partial charge in [-0.1, -0.05) is 62.4 Å². The fourth-order valence-corrected chi connectivity index (χ4v) is 10.0. The third-order valence-electron chi connectivity index (χ3n) is 13.3. The topological polar surface area (TPSA) is 202 Å². The molecule has 0 unspecified atom stereocenters. The van der Waals surface area contributed by atoms with Gasteiger partial charge in [-0.25, -0.2) is 19.6 Å². The lowest BCUT2D eigenvalue weighted by molar-refractivity contribution is -0.136. The molecule has 3 aliphatic heterocycles. The van der Waals surface area contributed by atoms with Gasteiger partial charge in [-0.15, -0.1) is 0 Å². The van der Waals surface area contributed by atoms with Gasteiger partial charge in [-0.3, -0.25) is 9.59 Å². The van der Waals surface area contributed by atoms with E-state index in [1.54, 1.807) is 25.3 Å². The summed E-state index contributed by atoms with van der Waals surface area (Å²) >= 11 is 0. The number of aromatic amines is 2. The number of aromatic nitrogens is 4. The summed E-state index contributed by atoms with van der Waals surface area (Å²) in [6.07, 6.45) is 1.72. The Morgan fingerprint density at radius 3 is 2.15 bits per heavy atom. The minimum atomic E-state index is -0.952. The number of benzene rings is 4. The van der Waals surface area contributed by atoms with Crippen molar-refractivity contribution in [2.24, 2.45) is 17.8 Å². The Kier molecular flexibility index (Phi) is 12.9. The van der Waals surface area contributed by atoms with Crippen molar-refractivity contribution in [1.82, 2.24) is 40.4 Å². The van der Waals surface area contributed by atoms with Gasteiger partial charge in [0.05, 0.1) is 62.4 Å². The van der Waals surface area contributed by atoms with Crippen molar-refractivity contribution in [3.8, 4) is 28.1 Å². The first kappa shape index (κ1) is 45.2. The molecule has 5 heterocycles. The Balaban J connectivity index is 0.979. The van der Waals surface area contributed by atoms with E-state index in [4.69, 9.17) is 33.7 Å². The maximum Gasteiger partial charge on any atom is 0.407 e. The highest BCUT2D eigenvalue weighted by Gasteiger charge is 2.43. The van der Waals surface area contributed by atoms with Crippen LogP contribution in [0.1, 0.15) is 67.6 Å². The predicted octanol–water partition coefficient (Wildman–Crippen LogP) is 7.22. The van der Waals surface area contributed by atoms with Crippen LogP contribution in [0.15, 0.2) is 79.0 Å². The zero-order chi connectivity index (χ0) is 46.9. The maximum atomic E-state index is 14.3. The highest BCUT2D eigenvalue weighted by molar-refractivity contribution is 6.07. The lowest BCUT2D eigenvalue weighted by Crippen LogP contribution is -2.51. The van der Waals surface area contributed by atoms with Crippen molar-refractivity contribution in [3.63, 3.8) is 0 Å². The number of carbonyl (C=O) groups excluding carboxylic acids is 4. The van der Waals surface area contributed by atoms with Gasteiger partial charge in [0.1, 0.15) is 36.1 Å². The van der Waals surface area contributed by atoms with Crippen LogP contribution < -0.4 is 15.4 Å². The molecule has 0 aliphatic carbocycles. The lowest BCUT2D eigenvalue weighted by atomic mass is 9.92. The van der Waals surface area contributed by atoms with Gasteiger partial charge in [0, 0.05) is 50.1 Å². The van der Waals surface area contributed by atoms with E-state index in [0.717, 1.165) is 55.5 Å². The van der Waals surface area contributed by atoms with Gasteiger partial charge in [-0.2, -0.15) is 0 Å². The highest BCUT2D eigenvalue weighted by Crippen LogP contribution is 2.44. The Morgan fingerprint density at radius 1 is 0.776 bits per heavy atom. The van der Waals surface area contributed by atoms with Crippen LogP contribution in [0.4, 0.5) is 9.59 Å². The SMILES string of the molecule is COC[C@H]1C[C@@H](c2nc3c(ccc4cc5c(cc43)OCc3cc(-c4cnc([C@@H]6C[C@H](COC)CN6C(=O)[C@H](NC(=O)OC)c6ccccc6)[nH]4)ccc3-5)[nH]2)N(C(=O)[C@@H](NC(=O)OC)C(C)C)C1. The average Bonchev–Trinajstić information content (AvgIpc) is 4.18.